The van der Waals surface area contributed by atoms with Gasteiger partial charge in [-0.25, -0.2) is 4.39 Å². The van der Waals surface area contributed by atoms with Crippen LogP contribution in [0, 0.1) is 5.82 Å². The van der Waals surface area contributed by atoms with Crippen LogP contribution in [0.4, 0.5) is 10.1 Å². The van der Waals surface area contributed by atoms with Crippen molar-refractivity contribution >= 4 is 5.69 Å². The van der Waals surface area contributed by atoms with Crippen LogP contribution in [0.3, 0.4) is 0 Å². The van der Waals surface area contributed by atoms with Crippen molar-refractivity contribution in [3.63, 3.8) is 0 Å². The molecule has 1 atom stereocenters. The van der Waals surface area contributed by atoms with Gasteiger partial charge >= 0.3 is 0 Å². The molecule has 0 aliphatic carbocycles. The minimum atomic E-state index is -0.662. The summed E-state index contributed by atoms with van der Waals surface area (Å²) in [6.07, 6.45) is 1.06. The molecule has 0 radical (unpaired) electrons. The van der Waals surface area contributed by atoms with E-state index in [9.17, 15) is 9.50 Å². The van der Waals surface area contributed by atoms with Crippen molar-refractivity contribution in [1.29, 1.82) is 0 Å². The maximum Gasteiger partial charge on any atom is 0.146 e. The summed E-state index contributed by atoms with van der Waals surface area (Å²) in [6, 6.07) is 10.4. The topological polar surface area (TPSA) is 36.4 Å². The standard InChI is InChI=1S/C15H17FN2O/c1-11(19)12-6-7-15(14(16)9-12)18(2)10-13-5-3-4-8-17-13/h3-9,11,19H,10H2,1-2H3. The fourth-order valence-corrected chi connectivity index (χ4v) is 1.91. The van der Waals surface area contributed by atoms with Crippen molar-refractivity contribution in [3.8, 4) is 0 Å². The Hall–Kier alpha value is -1.94. The van der Waals surface area contributed by atoms with E-state index in [0.29, 0.717) is 17.8 Å². The molecule has 0 aliphatic rings. The monoisotopic (exact) mass is 260 g/mol. The Morgan fingerprint density at radius 3 is 2.68 bits per heavy atom. The lowest BCUT2D eigenvalue weighted by Crippen LogP contribution is -2.18. The number of benzene rings is 1. The summed E-state index contributed by atoms with van der Waals surface area (Å²) in [5, 5.41) is 9.42. The van der Waals surface area contributed by atoms with Gasteiger partial charge in [-0.1, -0.05) is 12.1 Å². The van der Waals surface area contributed by atoms with Gasteiger partial charge < -0.3 is 10.0 Å². The Morgan fingerprint density at radius 2 is 2.11 bits per heavy atom. The van der Waals surface area contributed by atoms with Gasteiger partial charge in [-0.05, 0) is 36.8 Å². The Bertz CT molecular complexity index is 543. The molecule has 0 aliphatic heterocycles. The lowest BCUT2D eigenvalue weighted by atomic mass is 10.1. The average molecular weight is 260 g/mol. The molecular formula is C15H17FN2O. The van der Waals surface area contributed by atoms with E-state index in [2.05, 4.69) is 4.98 Å². The van der Waals surface area contributed by atoms with E-state index < -0.39 is 6.10 Å². The summed E-state index contributed by atoms with van der Waals surface area (Å²) in [7, 11) is 1.81. The number of nitrogens with zero attached hydrogens (tertiary/aromatic N) is 2. The van der Waals surface area contributed by atoms with Gasteiger partial charge in [-0.3, -0.25) is 4.98 Å². The zero-order chi connectivity index (χ0) is 13.8. The zero-order valence-electron chi connectivity index (χ0n) is 11.0. The first kappa shape index (κ1) is 13.5. The maximum atomic E-state index is 14.0. The Kier molecular flexibility index (Phi) is 4.12. The van der Waals surface area contributed by atoms with Crippen molar-refractivity contribution in [2.75, 3.05) is 11.9 Å². The predicted molar refractivity (Wildman–Crippen MR) is 73.4 cm³/mol. The number of aromatic nitrogens is 1. The van der Waals surface area contributed by atoms with Crippen molar-refractivity contribution in [1.82, 2.24) is 4.98 Å². The second kappa shape index (κ2) is 5.80. The second-order valence-corrected chi connectivity index (χ2v) is 4.56. The van der Waals surface area contributed by atoms with Crippen LogP contribution in [0.2, 0.25) is 0 Å². The summed E-state index contributed by atoms with van der Waals surface area (Å²) in [5.74, 6) is -0.336. The number of hydrogen-bond donors (Lipinski definition) is 1. The van der Waals surface area contributed by atoms with Crippen LogP contribution in [0.15, 0.2) is 42.6 Å². The molecule has 19 heavy (non-hydrogen) atoms. The number of rotatable bonds is 4. The summed E-state index contributed by atoms with van der Waals surface area (Å²) < 4.78 is 14.0. The highest BCUT2D eigenvalue weighted by molar-refractivity contribution is 5.49. The van der Waals surface area contributed by atoms with E-state index in [1.54, 1.807) is 30.2 Å². The van der Waals surface area contributed by atoms with E-state index in [1.165, 1.54) is 6.07 Å². The number of pyridine rings is 1. The number of halogens is 1. The van der Waals surface area contributed by atoms with Gasteiger partial charge in [-0.2, -0.15) is 0 Å². The van der Waals surface area contributed by atoms with Crippen LogP contribution in [0.1, 0.15) is 24.3 Å². The molecular weight excluding hydrogens is 243 g/mol. The molecule has 1 heterocycles. The molecule has 2 aromatic rings. The highest BCUT2D eigenvalue weighted by Gasteiger charge is 2.11. The molecule has 0 spiro atoms. The lowest BCUT2D eigenvalue weighted by Gasteiger charge is -2.20. The molecule has 0 bridgehead atoms. The van der Waals surface area contributed by atoms with Crippen LogP contribution >= 0.6 is 0 Å². The normalized spacial score (nSPS) is 12.2. The van der Waals surface area contributed by atoms with Crippen molar-refractivity contribution in [2.24, 2.45) is 0 Å². The first-order chi connectivity index (χ1) is 9.08. The highest BCUT2D eigenvalue weighted by Crippen LogP contribution is 2.23. The molecule has 2 rings (SSSR count). The van der Waals surface area contributed by atoms with Gasteiger partial charge in [0.05, 0.1) is 24.0 Å². The molecule has 3 nitrogen and oxygen atoms in total. The summed E-state index contributed by atoms with van der Waals surface area (Å²) in [6.45, 7) is 2.15. The van der Waals surface area contributed by atoms with Crippen LogP contribution < -0.4 is 4.90 Å². The third kappa shape index (κ3) is 3.29. The Labute approximate surface area is 112 Å². The quantitative estimate of drug-likeness (QED) is 0.918. The molecule has 0 saturated carbocycles. The zero-order valence-corrected chi connectivity index (χ0v) is 11.0. The minimum Gasteiger partial charge on any atom is -0.389 e. The number of aliphatic hydroxyl groups is 1. The van der Waals surface area contributed by atoms with Crippen LogP contribution in [0.5, 0.6) is 0 Å². The third-order valence-electron chi connectivity index (χ3n) is 2.99. The molecule has 0 saturated heterocycles. The van der Waals surface area contributed by atoms with Gasteiger partial charge in [-0.15, -0.1) is 0 Å². The molecule has 1 N–H and O–H groups in total. The summed E-state index contributed by atoms with van der Waals surface area (Å²) >= 11 is 0. The molecule has 0 amide bonds. The molecule has 4 heteroatoms. The number of anilines is 1. The maximum absolute atomic E-state index is 14.0. The lowest BCUT2D eigenvalue weighted by molar-refractivity contribution is 0.199. The van der Waals surface area contributed by atoms with E-state index >= 15 is 0 Å². The van der Waals surface area contributed by atoms with Crippen molar-refractivity contribution in [3.05, 3.63) is 59.7 Å². The van der Waals surface area contributed by atoms with E-state index in [1.807, 2.05) is 25.2 Å². The van der Waals surface area contributed by atoms with Gasteiger partial charge in [0.2, 0.25) is 0 Å². The first-order valence-electron chi connectivity index (χ1n) is 6.16. The molecule has 1 aromatic heterocycles. The molecule has 100 valence electrons. The van der Waals surface area contributed by atoms with Gasteiger partial charge in [0, 0.05) is 13.2 Å². The predicted octanol–water partition coefficient (Wildman–Crippen LogP) is 2.91. The van der Waals surface area contributed by atoms with E-state index in [0.717, 1.165) is 5.69 Å². The smallest absolute Gasteiger partial charge is 0.146 e. The fourth-order valence-electron chi connectivity index (χ4n) is 1.91. The Morgan fingerprint density at radius 1 is 1.32 bits per heavy atom. The molecule has 1 aromatic carbocycles. The highest BCUT2D eigenvalue weighted by atomic mass is 19.1. The minimum absolute atomic E-state index is 0.336. The SMILES string of the molecule is CC(O)c1ccc(N(C)Cc2ccccn2)c(F)c1. The second-order valence-electron chi connectivity index (χ2n) is 4.56. The van der Waals surface area contributed by atoms with Gasteiger partial charge in [0.1, 0.15) is 5.82 Å². The summed E-state index contributed by atoms with van der Waals surface area (Å²) in [4.78, 5) is 6.01. The average Bonchev–Trinajstić information content (AvgIpc) is 2.39. The molecule has 0 fully saturated rings. The van der Waals surface area contributed by atoms with Crippen molar-refractivity contribution in [2.45, 2.75) is 19.6 Å². The Balaban J connectivity index is 2.17. The van der Waals surface area contributed by atoms with Crippen LogP contribution in [-0.2, 0) is 6.54 Å². The number of aliphatic hydroxyl groups excluding tert-OH is 1. The largest absolute Gasteiger partial charge is 0.389 e. The van der Waals surface area contributed by atoms with Crippen molar-refractivity contribution < 1.29 is 9.50 Å². The van der Waals surface area contributed by atoms with Crippen LogP contribution in [-0.4, -0.2) is 17.1 Å². The van der Waals surface area contributed by atoms with Gasteiger partial charge in [0.15, 0.2) is 0 Å². The van der Waals surface area contributed by atoms with E-state index in [4.69, 9.17) is 0 Å². The third-order valence-corrected chi connectivity index (χ3v) is 2.99. The van der Waals surface area contributed by atoms with Crippen LogP contribution in [0.25, 0.3) is 0 Å². The van der Waals surface area contributed by atoms with E-state index in [-0.39, 0.29) is 5.82 Å². The number of hydrogen-bond acceptors (Lipinski definition) is 3. The summed E-state index contributed by atoms with van der Waals surface area (Å²) in [5.41, 5.74) is 1.95. The molecule has 1 unspecified atom stereocenters. The first-order valence-corrected chi connectivity index (χ1v) is 6.16. The fraction of sp³-hybridized carbons (Fsp3) is 0.267. The van der Waals surface area contributed by atoms with Gasteiger partial charge in [0.25, 0.3) is 0 Å².